The van der Waals surface area contributed by atoms with Crippen LogP contribution in [0.5, 0.6) is 0 Å². The van der Waals surface area contributed by atoms with E-state index in [4.69, 9.17) is 9.47 Å². The van der Waals surface area contributed by atoms with Crippen LogP contribution in [-0.4, -0.2) is 31.6 Å². The molecule has 1 heterocycles. The number of methoxy groups -OCH3 is 1. The molecule has 0 saturated heterocycles. The third-order valence-electron chi connectivity index (χ3n) is 4.84. The monoisotopic (exact) mass is 359 g/mol. The van der Waals surface area contributed by atoms with E-state index in [2.05, 4.69) is 5.32 Å². The van der Waals surface area contributed by atoms with Gasteiger partial charge in [0.1, 0.15) is 5.82 Å². The molecule has 138 valence electrons. The molecule has 5 nitrogen and oxygen atoms in total. The van der Waals surface area contributed by atoms with Crippen molar-refractivity contribution in [3.63, 3.8) is 0 Å². The smallest absolute Gasteiger partial charge is 0.336 e. The molecule has 1 aromatic carbocycles. The number of rotatable bonds is 4. The molecule has 1 N–H and O–H groups in total. The van der Waals surface area contributed by atoms with Gasteiger partial charge in [0.25, 0.3) is 0 Å². The average molecular weight is 359 g/mol. The Balaban J connectivity index is 2.17. The molecule has 1 aliphatic heterocycles. The number of halogens is 1. The third kappa shape index (κ3) is 3.17. The van der Waals surface area contributed by atoms with Gasteiger partial charge in [0.2, 0.25) is 0 Å². The fourth-order valence-corrected chi connectivity index (χ4v) is 3.67. The van der Waals surface area contributed by atoms with Crippen molar-refractivity contribution in [1.29, 1.82) is 0 Å². The summed E-state index contributed by atoms with van der Waals surface area (Å²) in [6, 6.07) is 6.22. The molecule has 0 amide bonds. The molecule has 2 aliphatic rings. The molecule has 0 aromatic heterocycles. The van der Waals surface area contributed by atoms with E-state index < -0.39 is 17.7 Å². The van der Waals surface area contributed by atoms with Gasteiger partial charge in [0.05, 0.1) is 24.2 Å². The Hall–Kier alpha value is -2.47. The molecule has 0 fully saturated rings. The summed E-state index contributed by atoms with van der Waals surface area (Å²) in [5, 5.41) is 3.16. The predicted octanol–water partition coefficient (Wildman–Crippen LogP) is 2.98. The maximum Gasteiger partial charge on any atom is 0.336 e. The Labute approximate surface area is 151 Å². The van der Waals surface area contributed by atoms with Gasteiger partial charge in [-0.05, 0) is 19.9 Å². The standard InChI is InChI=1S/C20H22FNO4/c1-4-26-20(24)17-11(2)22-15-9-12(25-3)10-16(23)19(15)18(17)13-7-5-6-8-14(13)21/h5-8,12,18,22H,4,9-10H2,1-3H3. The number of carbonyl (C=O) groups is 2. The molecule has 0 saturated carbocycles. The number of ether oxygens (including phenoxy) is 2. The molecule has 2 unspecified atom stereocenters. The van der Waals surface area contributed by atoms with Crippen LogP contribution in [-0.2, 0) is 19.1 Å². The SMILES string of the molecule is CCOC(=O)C1=C(C)NC2=C(C(=O)CC(OC)C2)C1c1ccccc1F. The first kappa shape index (κ1) is 18.3. The molecule has 1 aliphatic carbocycles. The number of carbonyl (C=O) groups excluding carboxylic acids is 2. The van der Waals surface area contributed by atoms with E-state index in [-0.39, 0.29) is 30.5 Å². The van der Waals surface area contributed by atoms with E-state index in [0.717, 1.165) is 0 Å². The molecule has 0 spiro atoms. The van der Waals surface area contributed by atoms with E-state index in [1.807, 2.05) is 0 Å². The number of benzene rings is 1. The molecule has 26 heavy (non-hydrogen) atoms. The number of nitrogens with one attached hydrogen (secondary N) is 1. The molecular weight excluding hydrogens is 337 g/mol. The van der Waals surface area contributed by atoms with Gasteiger partial charge in [-0.15, -0.1) is 0 Å². The van der Waals surface area contributed by atoms with Crippen LogP contribution in [0.3, 0.4) is 0 Å². The number of Topliss-reactive ketones (excluding diaryl/α,β-unsaturated/α-hetero) is 1. The summed E-state index contributed by atoms with van der Waals surface area (Å²) in [5.41, 5.74) is 2.26. The summed E-state index contributed by atoms with van der Waals surface area (Å²) in [5.74, 6) is -1.92. The summed E-state index contributed by atoms with van der Waals surface area (Å²) in [4.78, 5) is 25.5. The van der Waals surface area contributed by atoms with Crippen LogP contribution in [0.15, 0.2) is 46.8 Å². The van der Waals surface area contributed by atoms with Crippen LogP contribution >= 0.6 is 0 Å². The first-order valence-electron chi connectivity index (χ1n) is 8.66. The van der Waals surface area contributed by atoms with E-state index in [1.54, 1.807) is 39.2 Å². The number of dihydropyridines is 1. The van der Waals surface area contributed by atoms with Crippen molar-refractivity contribution in [2.45, 2.75) is 38.7 Å². The number of allylic oxidation sites excluding steroid dienone is 2. The van der Waals surface area contributed by atoms with E-state index >= 15 is 0 Å². The zero-order valence-electron chi connectivity index (χ0n) is 15.1. The third-order valence-corrected chi connectivity index (χ3v) is 4.84. The second kappa shape index (κ2) is 7.41. The van der Waals surface area contributed by atoms with Gasteiger partial charge in [-0.25, -0.2) is 9.18 Å². The van der Waals surface area contributed by atoms with Crippen molar-refractivity contribution in [3.05, 3.63) is 58.2 Å². The number of esters is 1. The number of hydrogen-bond donors (Lipinski definition) is 1. The maximum absolute atomic E-state index is 14.6. The van der Waals surface area contributed by atoms with Crippen LogP contribution in [0, 0.1) is 5.82 Å². The molecular formula is C20H22FNO4. The van der Waals surface area contributed by atoms with Crippen LogP contribution in [0.4, 0.5) is 4.39 Å². The van der Waals surface area contributed by atoms with Crippen molar-refractivity contribution in [1.82, 2.24) is 5.32 Å². The fourth-order valence-electron chi connectivity index (χ4n) is 3.67. The molecule has 0 bridgehead atoms. The molecule has 0 radical (unpaired) electrons. The normalized spacial score (nSPS) is 22.8. The number of ketones is 1. The minimum Gasteiger partial charge on any atom is -0.463 e. The summed E-state index contributed by atoms with van der Waals surface area (Å²) < 4.78 is 25.1. The van der Waals surface area contributed by atoms with E-state index in [0.29, 0.717) is 29.0 Å². The second-order valence-electron chi connectivity index (χ2n) is 6.42. The topological polar surface area (TPSA) is 64.6 Å². The summed E-state index contributed by atoms with van der Waals surface area (Å²) in [6.45, 7) is 3.65. The summed E-state index contributed by atoms with van der Waals surface area (Å²) >= 11 is 0. The van der Waals surface area contributed by atoms with Gasteiger partial charge >= 0.3 is 5.97 Å². The van der Waals surface area contributed by atoms with Crippen molar-refractivity contribution in [2.24, 2.45) is 0 Å². The summed E-state index contributed by atoms with van der Waals surface area (Å²) in [6.07, 6.45) is 0.486. The first-order chi connectivity index (χ1) is 12.5. The lowest BCUT2D eigenvalue weighted by Crippen LogP contribution is -2.38. The van der Waals surface area contributed by atoms with E-state index in [1.165, 1.54) is 6.07 Å². The number of hydrogen-bond acceptors (Lipinski definition) is 5. The van der Waals surface area contributed by atoms with Gasteiger partial charge < -0.3 is 14.8 Å². The van der Waals surface area contributed by atoms with E-state index in [9.17, 15) is 14.0 Å². The molecule has 2 atom stereocenters. The van der Waals surface area contributed by atoms with Crippen molar-refractivity contribution < 1.29 is 23.5 Å². The Kier molecular flexibility index (Phi) is 5.23. The average Bonchev–Trinajstić information content (AvgIpc) is 2.60. The molecule has 3 rings (SSSR count). The Bertz CT molecular complexity index is 812. The van der Waals surface area contributed by atoms with Crippen LogP contribution in [0.2, 0.25) is 0 Å². The minimum atomic E-state index is -0.781. The maximum atomic E-state index is 14.6. The largest absolute Gasteiger partial charge is 0.463 e. The predicted molar refractivity (Wildman–Crippen MR) is 93.7 cm³/mol. The molecule has 6 heteroatoms. The van der Waals surface area contributed by atoms with Gasteiger partial charge in [0.15, 0.2) is 5.78 Å². The Morgan fingerprint density at radius 3 is 2.69 bits per heavy atom. The lowest BCUT2D eigenvalue weighted by molar-refractivity contribution is -0.138. The Morgan fingerprint density at radius 2 is 2.04 bits per heavy atom. The van der Waals surface area contributed by atoms with Gasteiger partial charge in [0, 0.05) is 42.5 Å². The van der Waals surface area contributed by atoms with Crippen molar-refractivity contribution >= 4 is 11.8 Å². The highest BCUT2D eigenvalue weighted by molar-refractivity contribution is 6.04. The van der Waals surface area contributed by atoms with Crippen molar-refractivity contribution in [3.8, 4) is 0 Å². The zero-order chi connectivity index (χ0) is 18.8. The lowest BCUT2D eigenvalue weighted by Gasteiger charge is -2.36. The highest BCUT2D eigenvalue weighted by atomic mass is 19.1. The highest BCUT2D eigenvalue weighted by Gasteiger charge is 2.42. The minimum absolute atomic E-state index is 0.145. The van der Waals surface area contributed by atoms with Crippen molar-refractivity contribution in [2.75, 3.05) is 13.7 Å². The Morgan fingerprint density at radius 1 is 1.31 bits per heavy atom. The lowest BCUT2D eigenvalue weighted by atomic mass is 9.74. The zero-order valence-corrected chi connectivity index (χ0v) is 15.1. The fraction of sp³-hybridized carbons (Fsp3) is 0.400. The molecule has 1 aromatic rings. The highest BCUT2D eigenvalue weighted by Crippen LogP contribution is 2.43. The van der Waals surface area contributed by atoms with Crippen LogP contribution in [0.1, 0.15) is 38.2 Å². The second-order valence-corrected chi connectivity index (χ2v) is 6.42. The first-order valence-corrected chi connectivity index (χ1v) is 8.66. The quantitative estimate of drug-likeness (QED) is 0.838. The van der Waals surface area contributed by atoms with Gasteiger partial charge in [-0.3, -0.25) is 4.79 Å². The van der Waals surface area contributed by atoms with Gasteiger partial charge in [-0.2, -0.15) is 0 Å². The van der Waals surface area contributed by atoms with Gasteiger partial charge in [-0.1, -0.05) is 18.2 Å². The van der Waals surface area contributed by atoms with Crippen LogP contribution in [0.25, 0.3) is 0 Å². The van der Waals surface area contributed by atoms with Crippen LogP contribution < -0.4 is 5.32 Å². The summed E-state index contributed by atoms with van der Waals surface area (Å²) in [7, 11) is 1.56.